The van der Waals surface area contributed by atoms with Crippen LogP contribution in [0.3, 0.4) is 0 Å². The van der Waals surface area contributed by atoms with Crippen molar-refractivity contribution in [3.63, 3.8) is 0 Å². The Morgan fingerprint density at radius 3 is 2.35 bits per heavy atom. The van der Waals surface area contributed by atoms with E-state index in [9.17, 15) is 9.59 Å². The lowest BCUT2D eigenvalue weighted by Gasteiger charge is -2.41. The first-order valence-electron chi connectivity index (χ1n) is 12.7. The van der Waals surface area contributed by atoms with Crippen LogP contribution < -0.4 is 10.5 Å². The number of aryl methyl sites for hydroxylation is 1. The van der Waals surface area contributed by atoms with Gasteiger partial charge in [0.05, 0.1) is 11.6 Å². The van der Waals surface area contributed by atoms with Crippen LogP contribution in [0.4, 0.5) is 5.69 Å². The van der Waals surface area contributed by atoms with Crippen molar-refractivity contribution < 1.29 is 4.79 Å². The number of anilines is 1. The van der Waals surface area contributed by atoms with Gasteiger partial charge in [0.1, 0.15) is 0 Å². The number of rotatable bonds is 4. The molecule has 37 heavy (non-hydrogen) atoms. The molecule has 0 spiro atoms. The minimum absolute atomic E-state index is 0.0656. The Labute approximate surface area is 217 Å². The Balaban J connectivity index is 1.46. The maximum atomic E-state index is 13.6. The molecule has 1 aliphatic rings. The molecule has 0 saturated carbocycles. The van der Waals surface area contributed by atoms with Crippen LogP contribution in [0.25, 0.3) is 27.6 Å². The molecule has 1 amide bonds. The number of carbonyl (C=O) groups is 1. The van der Waals surface area contributed by atoms with Crippen LogP contribution in [0.5, 0.6) is 0 Å². The van der Waals surface area contributed by atoms with Gasteiger partial charge < -0.3 is 9.80 Å². The average Bonchev–Trinajstić information content (AvgIpc) is 2.94. The van der Waals surface area contributed by atoms with Crippen LogP contribution in [0.15, 0.2) is 77.7 Å². The first-order valence-corrected chi connectivity index (χ1v) is 12.7. The van der Waals surface area contributed by atoms with Crippen molar-refractivity contribution >= 4 is 22.4 Å². The van der Waals surface area contributed by atoms with E-state index in [1.807, 2.05) is 67.4 Å². The van der Waals surface area contributed by atoms with Crippen LogP contribution in [-0.2, 0) is 4.79 Å². The maximum absolute atomic E-state index is 13.6. The van der Waals surface area contributed by atoms with Crippen LogP contribution >= 0.6 is 0 Å². The molecule has 0 radical (unpaired) electrons. The fourth-order valence-electron chi connectivity index (χ4n) is 5.35. The van der Waals surface area contributed by atoms with E-state index in [-0.39, 0.29) is 17.5 Å². The molecular weight excluding hydrogens is 460 g/mol. The second kappa shape index (κ2) is 9.94. The maximum Gasteiger partial charge on any atom is 0.262 e. The summed E-state index contributed by atoms with van der Waals surface area (Å²) in [7, 11) is 0. The SMILES string of the molecule is CCC(=O)N1CCN(c2ccc(-n3cc(C)c4c(-c5ccc(C#N)cc5)cccc4c3=O)cc2)CC1C. The van der Waals surface area contributed by atoms with Crippen LogP contribution in [0, 0.1) is 18.3 Å². The van der Waals surface area contributed by atoms with Crippen LogP contribution in [-0.4, -0.2) is 41.1 Å². The minimum Gasteiger partial charge on any atom is -0.368 e. The normalized spacial score (nSPS) is 15.6. The van der Waals surface area contributed by atoms with Crippen LogP contribution in [0.1, 0.15) is 31.4 Å². The second-order valence-electron chi connectivity index (χ2n) is 9.66. The third-order valence-corrected chi connectivity index (χ3v) is 7.30. The highest BCUT2D eigenvalue weighted by Gasteiger charge is 2.26. The molecule has 1 saturated heterocycles. The Morgan fingerprint density at radius 1 is 1.00 bits per heavy atom. The molecule has 2 heterocycles. The van der Waals surface area contributed by atoms with Crippen molar-refractivity contribution in [1.29, 1.82) is 5.26 Å². The third-order valence-electron chi connectivity index (χ3n) is 7.30. The summed E-state index contributed by atoms with van der Waals surface area (Å²) in [6, 6.07) is 23.7. The van der Waals surface area contributed by atoms with E-state index in [2.05, 4.69) is 30.0 Å². The summed E-state index contributed by atoms with van der Waals surface area (Å²) in [5.41, 5.74) is 5.41. The van der Waals surface area contributed by atoms with Gasteiger partial charge in [-0.15, -0.1) is 0 Å². The molecular formula is C31H30N4O2. The molecule has 0 aliphatic carbocycles. The predicted octanol–water partition coefficient (Wildman–Crippen LogP) is 5.28. The van der Waals surface area contributed by atoms with Gasteiger partial charge in [0.2, 0.25) is 5.91 Å². The van der Waals surface area contributed by atoms with Crippen molar-refractivity contribution in [2.24, 2.45) is 0 Å². The van der Waals surface area contributed by atoms with Crippen molar-refractivity contribution in [2.45, 2.75) is 33.2 Å². The number of fused-ring (bicyclic) bond motifs is 1. The zero-order valence-electron chi connectivity index (χ0n) is 21.4. The van der Waals surface area contributed by atoms with Gasteiger partial charge in [-0.3, -0.25) is 14.2 Å². The smallest absolute Gasteiger partial charge is 0.262 e. The van der Waals surface area contributed by atoms with Gasteiger partial charge >= 0.3 is 0 Å². The molecule has 186 valence electrons. The molecule has 3 aromatic carbocycles. The number of benzene rings is 3. The van der Waals surface area contributed by atoms with Crippen molar-refractivity contribution in [3.05, 3.63) is 94.4 Å². The molecule has 1 atom stereocenters. The van der Waals surface area contributed by atoms with Gasteiger partial charge in [0.25, 0.3) is 5.56 Å². The Morgan fingerprint density at radius 2 is 1.70 bits per heavy atom. The van der Waals surface area contributed by atoms with E-state index in [0.29, 0.717) is 17.4 Å². The molecule has 1 aromatic heterocycles. The largest absolute Gasteiger partial charge is 0.368 e. The second-order valence-corrected chi connectivity index (χ2v) is 9.66. The number of nitrogens with zero attached hydrogens (tertiary/aromatic N) is 4. The number of hydrogen-bond donors (Lipinski definition) is 0. The summed E-state index contributed by atoms with van der Waals surface area (Å²) in [6.45, 7) is 8.33. The van der Waals surface area contributed by atoms with Crippen molar-refractivity contribution in [3.8, 4) is 22.9 Å². The zero-order chi connectivity index (χ0) is 26.1. The first kappa shape index (κ1) is 24.3. The summed E-state index contributed by atoms with van der Waals surface area (Å²) >= 11 is 0. The zero-order valence-corrected chi connectivity index (χ0v) is 21.4. The van der Waals surface area contributed by atoms with Crippen molar-refractivity contribution in [1.82, 2.24) is 9.47 Å². The van der Waals surface area contributed by atoms with E-state index in [4.69, 9.17) is 5.26 Å². The third kappa shape index (κ3) is 4.49. The number of nitriles is 1. The molecule has 4 aromatic rings. The molecule has 6 heteroatoms. The lowest BCUT2D eigenvalue weighted by molar-refractivity contribution is -0.133. The Hall–Kier alpha value is -4.37. The first-order chi connectivity index (χ1) is 17.9. The summed E-state index contributed by atoms with van der Waals surface area (Å²) in [6.07, 6.45) is 2.44. The highest BCUT2D eigenvalue weighted by molar-refractivity contribution is 5.98. The van der Waals surface area contributed by atoms with Crippen molar-refractivity contribution in [2.75, 3.05) is 24.5 Å². The highest BCUT2D eigenvalue weighted by atomic mass is 16.2. The summed E-state index contributed by atoms with van der Waals surface area (Å²) < 4.78 is 1.71. The summed E-state index contributed by atoms with van der Waals surface area (Å²) in [5, 5.41) is 10.7. The molecule has 1 unspecified atom stereocenters. The van der Waals surface area contributed by atoms with Gasteiger partial charge in [-0.2, -0.15) is 5.26 Å². The van der Waals surface area contributed by atoms with E-state index in [0.717, 1.165) is 53.1 Å². The topological polar surface area (TPSA) is 69.3 Å². The number of pyridine rings is 1. The summed E-state index contributed by atoms with van der Waals surface area (Å²) in [5.74, 6) is 0.205. The van der Waals surface area contributed by atoms with E-state index in [1.54, 1.807) is 16.7 Å². The van der Waals surface area contributed by atoms with Crippen LogP contribution in [0.2, 0.25) is 0 Å². The summed E-state index contributed by atoms with van der Waals surface area (Å²) in [4.78, 5) is 30.0. The fourth-order valence-corrected chi connectivity index (χ4v) is 5.35. The molecule has 6 nitrogen and oxygen atoms in total. The number of hydrogen-bond acceptors (Lipinski definition) is 4. The van der Waals surface area contributed by atoms with E-state index in [1.165, 1.54) is 0 Å². The monoisotopic (exact) mass is 490 g/mol. The van der Waals surface area contributed by atoms with Gasteiger partial charge in [0, 0.05) is 55.1 Å². The highest BCUT2D eigenvalue weighted by Crippen LogP contribution is 2.30. The number of piperazine rings is 1. The average molecular weight is 491 g/mol. The van der Waals surface area contributed by atoms with E-state index < -0.39 is 0 Å². The van der Waals surface area contributed by atoms with E-state index >= 15 is 0 Å². The molecule has 1 aliphatic heterocycles. The number of aromatic nitrogens is 1. The Bertz CT molecular complexity index is 1560. The molecule has 0 N–H and O–H groups in total. The Kier molecular flexibility index (Phi) is 6.54. The lowest BCUT2D eigenvalue weighted by Crippen LogP contribution is -2.54. The minimum atomic E-state index is -0.0656. The standard InChI is InChI=1S/C31H30N4O2/c1-4-29(36)34-17-16-33(20-22(34)3)25-12-14-26(15-13-25)35-19-21(2)30-27(6-5-7-28(30)31(35)37)24-10-8-23(18-32)9-11-24/h5-15,19,22H,4,16-17,20H2,1-3H3. The molecule has 0 bridgehead atoms. The fraction of sp³-hybridized carbons (Fsp3) is 0.258. The van der Waals surface area contributed by atoms with Gasteiger partial charge in [-0.25, -0.2) is 0 Å². The molecule has 5 rings (SSSR count). The van der Waals surface area contributed by atoms with Gasteiger partial charge in [-0.1, -0.05) is 31.2 Å². The quantitative estimate of drug-likeness (QED) is 0.390. The van der Waals surface area contributed by atoms with Gasteiger partial charge in [0.15, 0.2) is 0 Å². The van der Waals surface area contributed by atoms with Gasteiger partial charge in [-0.05, 0) is 78.4 Å². The number of amides is 1. The predicted molar refractivity (Wildman–Crippen MR) is 148 cm³/mol. The molecule has 1 fully saturated rings. The number of carbonyl (C=O) groups excluding carboxylic acids is 1. The lowest BCUT2D eigenvalue weighted by atomic mass is 9.96.